The van der Waals surface area contributed by atoms with Crippen LogP contribution in [0.5, 0.6) is 23.0 Å². The summed E-state index contributed by atoms with van der Waals surface area (Å²) in [5.74, 6) is -0.613. The average molecular weight is 552 g/mol. The van der Waals surface area contributed by atoms with Crippen LogP contribution in [0.1, 0.15) is 36.6 Å². The van der Waals surface area contributed by atoms with Crippen LogP contribution in [0.2, 0.25) is 5.02 Å². The molecule has 1 aliphatic heterocycles. The van der Waals surface area contributed by atoms with Crippen molar-refractivity contribution in [1.29, 1.82) is 0 Å². The second-order valence-corrected chi connectivity index (χ2v) is 9.17. The number of carbonyl (C=O) groups is 2. The standard InChI is InChI=1S/C30H30ClNO7/c1-6-38-22-12-11-19(14-25(22)39-7-2)32-27(18-10-8-9-17(3)13-18)26(29(34)30(32)35)28(33)20-15-24(37-5)21(31)16-23(20)36-4/h8-16,27,33H,6-7H2,1-5H3/b28-26+. The summed E-state index contributed by atoms with van der Waals surface area (Å²) in [6.45, 7) is 6.42. The molecule has 0 saturated carbocycles. The highest BCUT2D eigenvalue weighted by molar-refractivity contribution is 6.51. The summed E-state index contributed by atoms with van der Waals surface area (Å²) in [6.07, 6.45) is 0. The molecule has 1 amide bonds. The number of aliphatic hydroxyl groups excluding tert-OH is 1. The second kappa shape index (κ2) is 11.7. The lowest BCUT2D eigenvalue weighted by Gasteiger charge is -2.26. The lowest BCUT2D eigenvalue weighted by atomic mass is 9.94. The van der Waals surface area contributed by atoms with Crippen LogP contribution in [-0.2, 0) is 9.59 Å². The number of carbonyl (C=O) groups excluding carboxylic acids is 2. The van der Waals surface area contributed by atoms with Crippen molar-refractivity contribution in [1.82, 2.24) is 0 Å². The fourth-order valence-corrected chi connectivity index (χ4v) is 4.87. The van der Waals surface area contributed by atoms with Gasteiger partial charge < -0.3 is 24.1 Å². The maximum Gasteiger partial charge on any atom is 0.300 e. The number of amides is 1. The molecule has 3 aromatic carbocycles. The molecule has 204 valence electrons. The molecule has 1 saturated heterocycles. The van der Waals surface area contributed by atoms with Gasteiger partial charge in [-0.2, -0.15) is 0 Å². The molecule has 8 nitrogen and oxygen atoms in total. The number of halogens is 1. The topological polar surface area (TPSA) is 94.5 Å². The molecule has 1 heterocycles. The number of ketones is 1. The zero-order chi connectivity index (χ0) is 28.3. The van der Waals surface area contributed by atoms with E-state index in [1.54, 1.807) is 18.2 Å². The molecule has 3 aromatic rings. The molecule has 1 aliphatic rings. The lowest BCUT2D eigenvalue weighted by Crippen LogP contribution is -2.29. The first-order chi connectivity index (χ1) is 18.7. The number of hydrogen-bond donors (Lipinski definition) is 1. The minimum Gasteiger partial charge on any atom is -0.507 e. The Kier molecular flexibility index (Phi) is 8.35. The molecule has 0 spiro atoms. The van der Waals surface area contributed by atoms with Crippen molar-refractivity contribution < 1.29 is 33.6 Å². The van der Waals surface area contributed by atoms with Crippen LogP contribution in [0.15, 0.2) is 60.2 Å². The summed E-state index contributed by atoms with van der Waals surface area (Å²) in [6, 6.07) is 14.5. The van der Waals surface area contributed by atoms with Crippen molar-refractivity contribution >= 4 is 34.7 Å². The molecule has 4 rings (SSSR count). The van der Waals surface area contributed by atoms with Crippen molar-refractivity contribution in [3.05, 3.63) is 81.9 Å². The van der Waals surface area contributed by atoms with E-state index in [2.05, 4.69) is 0 Å². The van der Waals surface area contributed by atoms with E-state index in [-0.39, 0.29) is 27.7 Å². The van der Waals surface area contributed by atoms with Crippen molar-refractivity contribution in [2.24, 2.45) is 0 Å². The Morgan fingerprint density at radius 3 is 2.23 bits per heavy atom. The molecule has 1 N–H and O–H groups in total. The fraction of sp³-hybridized carbons (Fsp3) is 0.267. The summed E-state index contributed by atoms with van der Waals surface area (Å²) in [5, 5.41) is 11.9. The average Bonchev–Trinajstić information content (AvgIpc) is 3.19. The maximum atomic E-state index is 13.6. The number of aryl methyl sites for hydroxylation is 1. The van der Waals surface area contributed by atoms with E-state index in [0.717, 1.165) is 5.56 Å². The molecule has 39 heavy (non-hydrogen) atoms. The van der Waals surface area contributed by atoms with Crippen LogP contribution in [0.4, 0.5) is 5.69 Å². The Morgan fingerprint density at radius 2 is 1.59 bits per heavy atom. The van der Waals surface area contributed by atoms with Crippen LogP contribution in [0.25, 0.3) is 5.76 Å². The van der Waals surface area contributed by atoms with E-state index in [9.17, 15) is 14.7 Å². The van der Waals surface area contributed by atoms with Crippen LogP contribution in [0, 0.1) is 6.92 Å². The quantitative estimate of drug-likeness (QED) is 0.195. The van der Waals surface area contributed by atoms with Crippen LogP contribution in [0.3, 0.4) is 0 Å². The third-order valence-corrected chi connectivity index (χ3v) is 6.63. The summed E-state index contributed by atoms with van der Waals surface area (Å²) in [5.41, 5.74) is 2.04. The number of aliphatic hydroxyl groups is 1. The number of hydrogen-bond acceptors (Lipinski definition) is 7. The Morgan fingerprint density at radius 1 is 0.897 bits per heavy atom. The van der Waals surface area contributed by atoms with Crippen molar-refractivity contribution in [2.75, 3.05) is 32.3 Å². The van der Waals surface area contributed by atoms with E-state index in [0.29, 0.717) is 36.0 Å². The van der Waals surface area contributed by atoms with Crippen LogP contribution in [-0.4, -0.2) is 44.2 Å². The van der Waals surface area contributed by atoms with Crippen molar-refractivity contribution in [3.63, 3.8) is 0 Å². The Bertz CT molecular complexity index is 1450. The monoisotopic (exact) mass is 551 g/mol. The number of Topliss-reactive ketones (excluding diaryl/α,β-unsaturated/α-hetero) is 1. The van der Waals surface area contributed by atoms with Crippen molar-refractivity contribution in [2.45, 2.75) is 26.8 Å². The minimum absolute atomic E-state index is 0.0971. The van der Waals surface area contributed by atoms with Gasteiger partial charge in [0.1, 0.15) is 17.3 Å². The van der Waals surface area contributed by atoms with Gasteiger partial charge in [0.15, 0.2) is 11.5 Å². The van der Waals surface area contributed by atoms with E-state index >= 15 is 0 Å². The Hall–Kier alpha value is -4.17. The fourth-order valence-electron chi connectivity index (χ4n) is 4.63. The molecule has 0 aliphatic carbocycles. The van der Waals surface area contributed by atoms with E-state index in [4.69, 9.17) is 30.5 Å². The van der Waals surface area contributed by atoms with Gasteiger partial charge in [0.2, 0.25) is 0 Å². The molecular weight excluding hydrogens is 522 g/mol. The van der Waals surface area contributed by atoms with Crippen molar-refractivity contribution in [3.8, 4) is 23.0 Å². The van der Waals surface area contributed by atoms with Gasteiger partial charge >= 0.3 is 0 Å². The van der Waals surface area contributed by atoms with Gasteiger partial charge in [-0.05, 0) is 44.5 Å². The number of methoxy groups -OCH3 is 2. The zero-order valence-electron chi connectivity index (χ0n) is 22.4. The van der Waals surface area contributed by atoms with E-state index < -0.39 is 23.5 Å². The Balaban J connectivity index is 1.98. The summed E-state index contributed by atoms with van der Waals surface area (Å²) >= 11 is 6.26. The molecule has 0 bridgehead atoms. The highest BCUT2D eigenvalue weighted by atomic mass is 35.5. The molecular formula is C30H30ClNO7. The third kappa shape index (κ3) is 5.25. The molecule has 0 aromatic heterocycles. The first-order valence-electron chi connectivity index (χ1n) is 12.4. The summed E-state index contributed by atoms with van der Waals surface area (Å²) < 4.78 is 22.2. The predicted molar refractivity (Wildman–Crippen MR) is 149 cm³/mol. The van der Waals surface area contributed by atoms with Gasteiger partial charge in [0, 0.05) is 17.8 Å². The Labute approximate surface area is 232 Å². The maximum absolute atomic E-state index is 13.6. The van der Waals surface area contributed by atoms with Gasteiger partial charge in [-0.15, -0.1) is 0 Å². The van der Waals surface area contributed by atoms with E-state index in [1.807, 2.05) is 45.0 Å². The van der Waals surface area contributed by atoms with E-state index in [1.165, 1.54) is 31.3 Å². The smallest absolute Gasteiger partial charge is 0.300 e. The summed E-state index contributed by atoms with van der Waals surface area (Å²) in [7, 11) is 2.85. The van der Waals surface area contributed by atoms with Gasteiger partial charge in [0.25, 0.3) is 11.7 Å². The molecule has 1 unspecified atom stereocenters. The first kappa shape index (κ1) is 27.9. The molecule has 0 radical (unpaired) electrons. The van der Waals surface area contributed by atoms with Gasteiger partial charge in [-0.1, -0.05) is 41.4 Å². The molecule has 1 atom stereocenters. The zero-order valence-corrected chi connectivity index (χ0v) is 23.2. The van der Waals surface area contributed by atoms with Gasteiger partial charge in [-0.3, -0.25) is 14.5 Å². The molecule has 9 heteroatoms. The number of benzene rings is 3. The second-order valence-electron chi connectivity index (χ2n) is 8.77. The number of anilines is 1. The minimum atomic E-state index is -0.941. The predicted octanol–water partition coefficient (Wildman–Crippen LogP) is 6.09. The van der Waals surface area contributed by atoms with Gasteiger partial charge in [-0.25, -0.2) is 0 Å². The highest BCUT2D eigenvalue weighted by Gasteiger charge is 2.47. The van der Waals surface area contributed by atoms with Gasteiger partial charge in [0.05, 0.1) is 49.6 Å². The van der Waals surface area contributed by atoms with Crippen LogP contribution >= 0.6 is 11.6 Å². The SMILES string of the molecule is CCOc1ccc(N2C(=O)C(=O)/C(=C(/O)c3cc(OC)c(Cl)cc3OC)C2c2cccc(C)c2)cc1OCC. The normalized spacial score (nSPS) is 16.4. The number of rotatable bonds is 9. The largest absolute Gasteiger partial charge is 0.507 e. The summed E-state index contributed by atoms with van der Waals surface area (Å²) in [4.78, 5) is 28.6. The number of ether oxygens (including phenoxy) is 4. The molecule has 1 fully saturated rings. The highest BCUT2D eigenvalue weighted by Crippen LogP contribution is 2.46. The lowest BCUT2D eigenvalue weighted by molar-refractivity contribution is -0.132. The first-order valence-corrected chi connectivity index (χ1v) is 12.8. The number of nitrogens with zero attached hydrogens (tertiary/aromatic N) is 1. The third-order valence-electron chi connectivity index (χ3n) is 6.34. The van der Waals surface area contributed by atoms with Crippen LogP contribution < -0.4 is 23.8 Å².